The largest absolute Gasteiger partial charge is 0.455 e. The summed E-state index contributed by atoms with van der Waals surface area (Å²) in [5.74, 6) is 0. The highest BCUT2D eigenvalue weighted by Gasteiger charge is 2.38. The number of anilines is 3. The first-order valence-electron chi connectivity index (χ1n) is 17.0. The van der Waals surface area contributed by atoms with Gasteiger partial charge in [-0.05, 0) is 80.6 Å². The highest BCUT2D eigenvalue weighted by Crippen LogP contribution is 2.55. The lowest BCUT2D eigenvalue weighted by molar-refractivity contribution is 0.661. The molecular formula is C47H33NO. The first kappa shape index (κ1) is 27.9. The van der Waals surface area contributed by atoms with Gasteiger partial charge < -0.3 is 9.32 Å². The lowest BCUT2D eigenvalue weighted by Crippen LogP contribution is -2.20. The summed E-state index contributed by atoms with van der Waals surface area (Å²) in [6.45, 7) is 4.74. The SMILES string of the molecule is CC1(C)c2ccccc2-c2cccc(N(c3cccc(-c4cccc5oc6c7ccccc7ccc6c45)c3)c3cccc4ccccc34)c21. The van der Waals surface area contributed by atoms with E-state index in [0.29, 0.717) is 0 Å². The average Bonchev–Trinajstić information content (AvgIpc) is 3.65. The molecule has 10 rings (SSSR count). The fourth-order valence-electron chi connectivity index (χ4n) is 8.42. The van der Waals surface area contributed by atoms with Crippen molar-refractivity contribution in [2.45, 2.75) is 19.3 Å². The lowest BCUT2D eigenvalue weighted by Gasteiger charge is -2.33. The molecule has 0 spiro atoms. The Morgan fingerprint density at radius 1 is 0.490 bits per heavy atom. The van der Waals surface area contributed by atoms with Gasteiger partial charge in [-0.3, -0.25) is 0 Å². The molecule has 1 aromatic heterocycles. The third kappa shape index (κ3) is 4.07. The van der Waals surface area contributed by atoms with Crippen molar-refractivity contribution in [2.75, 3.05) is 4.90 Å². The number of furan rings is 1. The standard InChI is InChI=1S/C47H33NO/c1-47(2)40-23-8-7-20-37(40)38-22-11-25-42(45(38)47)48(41-24-10-15-30-13-3-5-18-34(30)41)33-17-9-16-32(29-33)35-21-12-26-43-44(35)39-28-27-31-14-4-6-19-36(31)46(39)49-43/h3-29H,1-2H3. The van der Waals surface area contributed by atoms with Crippen LogP contribution in [-0.2, 0) is 5.41 Å². The van der Waals surface area contributed by atoms with E-state index in [1.54, 1.807) is 0 Å². The summed E-state index contributed by atoms with van der Waals surface area (Å²) < 4.78 is 6.59. The molecule has 0 atom stereocenters. The quantitative estimate of drug-likeness (QED) is 0.193. The Bertz CT molecular complexity index is 2760. The van der Waals surface area contributed by atoms with Gasteiger partial charge >= 0.3 is 0 Å². The van der Waals surface area contributed by atoms with Crippen LogP contribution in [0.4, 0.5) is 17.1 Å². The highest BCUT2D eigenvalue weighted by molar-refractivity contribution is 6.19. The second-order valence-corrected chi connectivity index (χ2v) is 13.7. The molecule has 1 aliphatic carbocycles. The van der Waals surface area contributed by atoms with Crippen LogP contribution in [0.25, 0.3) is 65.7 Å². The van der Waals surface area contributed by atoms with E-state index in [1.807, 2.05) is 0 Å². The van der Waals surface area contributed by atoms with E-state index in [1.165, 1.54) is 44.1 Å². The first-order chi connectivity index (χ1) is 24.1. The third-order valence-corrected chi connectivity index (χ3v) is 10.6. The molecule has 0 aliphatic heterocycles. The van der Waals surface area contributed by atoms with Crippen molar-refractivity contribution >= 4 is 60.5 Å². The van der Waals surface area contributed by atoms with Crippen LogP contribution in [0.15, 0.2) is 168 Å². The van der Waals surface area contributed by atoms with E-state index in [0.717, 1.165) is 49.8 Å². The highest BCUT2D eigenvalue weighted by atomic mass is 16.3. The van der Waals surface area contributed by atoms with Gasteiger partial charge in [0.05, 0.1) is 11.4 Å². The Morgan fingerprint density at radius 3 is 2.04 bits per heavy atom. The van der Waals surface area contributed by atoms with Crippen molar-refractivity contribution in [3.8, 4) is 22.3 Å². The fourth-order valence-corrected chi connectivity index (χ4v) is 8.42. The Kier molecular flexibility index (Phi) is 5.95. The molecule has 1 heterocycles. The Balaban J connectivity index is 1.23. The zero-order valence-corrected chi connectivity index (χ0v) is 27.4. The molecule has 49 heavy (non-hydrogen) atoms. The topological polar surface area (TPSA) is 16.4 Å². The summed E-state index contributed by atoms with van der Waals surface area (Å²) in [6.07, 6.45) is 0. The van der Waals surface area contributed by atoms with Gasteiger partial charge in [0.2, 0.25) is 0 Å². The van der Waals surface area contributed by atoms with Gasteiger partial charge in [-0.15, -0.1) is 0 Å². The number of hydrogen-bond donors (Lipinski definition) is 0. The van der Waals surface area contributed by atoms with Crippen LogP contribution in [0, 0.1) is 0 Å². The van der Waals surface area contributed by atoms with E-state index >= 15 is 0 Å². The second-order valence-electron chi connectivity index (χ2n) is 13.7. The minimum atomic E-state index is -0.174. The van der Waals surface area contributed by atoms with Crippen LogP contribution in [0.1, 0.15) is 25.0 Å². The minimum Gasteiger partial charge on any atom is -0.455 e. The van der Waals surface area contributed by atoms with Gasteiger partial charge in [-0.1, -0.05) is 141 Å². The fraction of sp³-hybridized carbons (Fsp3) is 0.0638. The molecule has 1 aliphatic rings. The Labute approximate surface area is 285 Å². The first-order valence-corrected chi connectivity index (χ1v) is 17.0. The summed E-state index contributed by atoms with van der Waals surface area (Å²) in [4.78, 5) is 2.49. The van der Waals surface area contributed by atoms with Crippen LogP contribution in [0.2, 0.25) is 0 Å². The molecule has 2 nitrogen and oxygen atoms in total. The van der Waals surface area contributed by atoms with Crippen molar-refractivity contribution < 1.29 is 4.42 Å². The Hall–Kier alpha value is -6.12. The molecule has 0 saturated carbocycles. The summed E-state index contributed by atoms with van der Waals surface area (Å²) in [5.41, 5.74) is 12.8. The number of nitrogens with zero attached hydrogens (tertiary/aromatic N) is 1. The summed E-state index contributed by atoms with van der Waals surface area (Å²) in [6, 6.07) is 59.4. The van der Waals surface area contributed by atoms with E-state index in [2.05, 4.69) is 183 Å². The van der Waals surface area contributed by atoms with Gasteiger partial charge in [-0.2, -0.15) is 0 Å². The average molecular weight is 628 g/mol. The van der Waals surface area contributed by atoms with Gasteiger partial charge in [0.25, 0.3) is 0 Å². The zero-order valence-electron chi connectivity index (χ0n) is 27.4. The number of rotatable bonds is 4. The molecule has 232 valence electrons. The maximum Gasteiger partial charge on any atom is 0.143 e. The third-order valence-electron chi connectivity index (χ3n) is 10.6. The van der Waals surface area contributed by atoms with E-state index in [4.69, 9.17) is 4.42 Å². The maximum atomic E-state index is 6.59. The van der Waals surface area contributed by atoms with Crippen molar-refractivity contribution in [1.82, 2.24) is 0 Å². The molecule has 0 amide bonds. The van der Waals surface area contributed by atoms with Crippen LogP contribution in [0.5, 0.6) is 0 Å². The summed E-state index contributed by atoms with van der Waals surface area (Å²) >= 11 is 0. The molecule has 9 aromatic rings. The predicted molar refractivity (Wildman–Crippen MR) is 206 cm³/mol. The number of benzene rings is 8. The van der Waals surface area contributed by atoms with E-state index in [-0.39, 0.29) is 5.41 Å². The molecule has 0 fully saturated rings. The molecule has 8 aromatic carbocycles. The normalized spacial score (nSPS) is 13.3. The maximum absolute atomic E-state index is 6.59. The molecule has 0 saturated heterocycles. The summed E-state index contributed by atoms with van der Waals surface area (Å²) in [5, 5.41) is 7.05. The van der Waals surface area contributed by atoms with E-state index in [9.17, 15) is 0 Å². The lowest BCUT2D eigenvalue weighted by atomic mass is 9.81. The number of hydrogen-bond acceptors (Lipinski definition) is 2. The molecule has 0 radical (unpaired) electrons. The van der Waals surface area contributed by atoms with Gasteiger partial charge in [0, 0.05) is 32.6 Å². The van der Waals surface area contributed by atoms with Gasteiger partial charge in [0.1, 0.15) is 11.2 Å². The summed E-state index contributed by atoms with van der Waals surface area (Å²) in [7, 11) is 0. The second kappa shape index (κ2) is 10.4. The molecular weight excluding hydrogens is 595 g/mol. The van der Waals surface area contributed by atoms with Crippen LogP contribution in [-0.4, -0.2) is 0 Å². The van der Waals surface area contributed by atoms with Crippen molar-refractivity contribution in [3.63, 3.8) is 0 Å². The molecule has 2 heteroatoms. The smallest absolute Gasteiger partial charge is 0.143 e. The van der Waals surface area contributed by atoms with Crippen molar-refractivity contribution in [1.29, 1.82) is 0 Å². The predicted octanol–water partition coefficient (Wildman–Crippen LogP) is 13.3. The van der Waals surface area contributed by atoms with Gasteiger partial charge in [0.15, 0.2) is 0 Å². The number of fused-ring (bicyclic) bond motifs is 9. The monoisotopic (exact) mass is 627 g/mol. The van der Waals surface area contributed by atoms with Gasteiger partial charge in [-0.25, -0.2) is 0 Å². The minimum absolute atomic E-state index is 0.174. The van der Waals surface area contributed by atoms with Crippen LogP contribution < -0.4 is 4.90 Å². The van der Waals surface area contributed by atoms with Crippen molar-refractivity contribution in [3.05, 3.63) is 175 Å². The van der Waals surface area contributed by atoms with Crippen LogP contribution >= 0.6 is 0 Å². The molecule has 0 N–H and O–H groups in total. The molecule has 0 bridgehead atoms. The Morgan fingerprint density at radius 2 is 1.14 bits per heavy atom. The molecule has 0 unspecified atom stereocenters. The van der Waals surface area contributed by atoms with Crippen molar-refractivity contribution in [2.24, 2.45) is 0 Å². The zero-order chi connectivity index (χ0) is 32.7. The van der Waals surface area contributed by atoms with E-state index < -0.39 is 0 Å². The van der Waals surface area contributed by atoms with Crippen LogP contribution in [0.3, 0.4) is 0 Å².